The zero-order valence-corrected chi connectivity index (χ0v) is 26.5. The summed E-state index contributed by atoms with van der Waals surface area (Å²) in [4.78, 5) is 25.2. The number of hydrogen-bond acceptors (Lipinski definition) is 7. The second-order valence-electron chi connectivity index (χ2n) is 8.98. The quantitative estimate of drug-likeness (QED) is 0.0795. The molecule has 1 atom stereocenters. The van der Waals surface area contributed by atoms with Crippen molar-refractivity contribution in [1.29, 1.82) is 0 Å². The number of para-hydroxylation sites is 1. The van der Waals surface area contributed by atoms with Crippen molar-refractivity contribution < 1.29 is 23.8 Å². The Hall–Kier alpha value is -3.68. The normalized spacial score (nSPS) is 14.7. The van der Waals surface area contributed by atoms with Gasteiger partial charge in [0, 0.05) is 21.8 Å². The van der Waals surface area contributed by atoms with Crippen molar-refractivity contribution in [3.8, 4) is 11.5 Å². The monoisotopic (exact) mass is 718 g/mol. The Balaban J connectivity index is 1.35. The fourth-order valence-electron chi connectivity index (χ4n) is 4.10. The molecule has 42 heavy (non-hydrogen) atoms. The number of amides is 1. The second kappa shape index (κ2) is 15.0. The van der Waals surface area contributed by atoms with Gasteiger partial charge in [0.05, 0.1) is 28.0 Å². The highest BCUT2D eigenvalue weighted by molar-refractivity contribution is 14.1. The number of carbonyl (C=O) groups excluding carboxylic acids is 2. The molecule has 12 heteroatoms. The van der Waals surface area contributed by atoms with Crippen molar-refractivity contribution in [2.45, 2.75) is 26.5 Å². The van der Waals surface area contributed by atoms with Crippen LogP contribution in [-0.4, -0.2) is 36.4 Å². The Bertz CT molecular complexity index is 1550. The molecule has 3 N–H and O–H groups in total. The maximum Gasteiger partial charge on any atom is 0.338 e. The molecule has 3 aromatic rings. The Morgan fingerprint density at radius 1 is 1.10 bits per heavy atom. The molecular weight excluding hydrogens is 691 g/mol. The highest BCUT2D eigenvalue weighted by atomic mass is 127. The molecule has 218 valence electrons. The summed E-state index contributed by atoms with van der Waals surface area (Å²) in [5, 5.41) is 11.1. The van der Waals surface area contributed by atoms with Gasteiger partial charge in [0.2, 0.25) is 0 Å². The Morgan fingerprint density at radius 3 is 2.62 bits per heavy atom. The number of halogens is 2. The van der Waals surface area contributed by atoms with Crippen molar-refractivity contribution >= 4 is 69.6 Å². The summed E-state index contributed by atoms with van der Waals surface area (Å²) in [6, 6.07) is 19.6. The lowest BCUT2D eigenvalue weighted by Gasteiger charge is -2.30. The van der Waals surface area contributed by atoms with Crippen LogP contribution in [0.4, 0.5) is 0 Å². The molecular formula is C30H28ClIN4O5S. The number of nitrogens with zero attached hydrogens (tertiary/aromatic N) is 1. The molecule has 0 saturated heterocycles. The molecule has 1 amide bonds. The van der Waals surface area contributed by atoms with Gasteiger partial charge in [0.15, 0.2) is 11.7 Å². The van der Waals surface area contributed by atoms with E-state index in [0.717, 1.165) is 14.7 Å². The van der Waals surface area contributed by atoms with Crippen molar-refractivity contribution in [2.24, 2.45) is 5.10 Å². The lowest BCUT2D eigenvalue weighted by atomic mass is 9.95. The summed E-state index contributed by atoms with van der Waals surface area (Å²) in [5.41, 5.74) is 5.74. The molecule has 0 aromatic heterocycles. The number of carbonyl (C=O) groups is 2. The van der Waals surface area contributed by atoms with Gasteiger partial charge in [-0.05, 0) is 84.6 Å². The van der Waals surface area contributed by atoms with Crippen LogP contribution in [0.5, 0.6) is 11.5 Å². The van der Waals surface area contributed by atoms with Crippen molar-refractivity contribution in [2.75, 3.05) is 13.2 Å². The molecule has 1 heterocycles. The highest BCUT2D eigenvalue weighted by Gasteiger charge is 2.32. The maximum atomic E-state index is 12.7. The van der Waals surface area contributed by atoms with Crippen LogP contribution in [0.25, 0.3) is 0 Å². The van der Waals surface area contributed by atoms with E-state index in [-0.39, 0.29) is 13.2 Å². The Labute approximate surface area is 267 Å². The maximum absolute atomic E-state index is 12.7. The number of allylic oxidation sites excluding steroid dienone is 1. The van der Waals surface area contributed by atoms with Crippen molar-refractivity contribution in [1.82, 2.24) is 16.1 Å². The predicted molar refractivity (Wildman–Crippen MR) is 174 cm³/mol. The lowest BCUT2D eigenvalue weighted by molar-refractivity contribution is -0.139. The smallest absolute Gasteiger partial charge is 0.338 e. The number of hydrogen-bond donors (Lipinski definition) is 3. The van der Waals surface area contributed by atoms with Crippen LogP contribution in [0.3, 0.4) is 0 Å². The molecule has 0 bridgehead atoms. The van der Waals surface area contributed by atoms with Crippen LogP contribution in [0.2, 0.25) is 5.02 Å². The van der Waals surface area contributed by atoms with Crippen LogP contribution in [0.1, 0.15) is 36.6 Å². The summed E-state index contributed by atoms with van der Waals surface area (Å²) < 4.78 is 17.9. The molecule has 1 aliphatic rings. The minimum Gasteiger partial charge on any atom is -0.488 e. The van der Waals surface area contributed by atoms with Crippen molar-refractivity contribution in [3.05, 3.63) is 103 Å². The van der Waals surface area contributed by atoms with Crippen LogP contribution in [-0.2, 0) is 20.9 Å². The molecule has 4 rings (SSSR count). The average Bonchev–Trinajstić information content (AvgIpc) is 2.96. The molecule has 1 aliphatic heterocycles. The first-order valence-electron chi connectivity index (χ1n) is 12.9. The molecule has 0 saturated carbocycles. The third kappa shape index (κ3) is 8.20. The highest BCUT2D eigenvalue weighted by Crippen LogP contribution is 2.33. The lowest BCUT2D eigenvalue weighted by Crippen LogP contribution is -2.45. The van der Waals surface area contributed by atoms with Gasteiger partial charge in [-0.2, -0.15) is 5.10 Å². The minimum absolute atomic E-state index is 0.228. The van der Waals surface area contributed by atoms with E-state index in [0.29, 0.717) is 45.1 Å². The van der Waals surface area contributed by atoms with Crippen LogP contribution in [0, 0.1) is 3.57 Å². The van der Waals surface area contributed by atoms with E-state index in [1.165, 1.54) is 6.21 Å². The van der Waals surface area contributed by atoms with Gasteiger partial charge in [-0.25, -0.2) is 10.2 Å². The van der Waals surface area contributed by atoms with E-state index in [4.69, 9.17) is 38.0 Å². The van der Waals surface area contributed by atoms with E-state index in [9.17, 15) is 9.59 Å². The van der Waals surface area contributed by atoms with E-state index in [2.05, 4.69) is 43.8 Å². The number of esters is 1. The summed E-state index contributed by atoms with van der Waals surface area (Å²) in [7, 11) is 0. The average molecular weight is 719 g/mol. The molecule has 0 unspecified atom stereocenters. The predicted octanol–water partition coefficient (Wildman–Crippen LogP) is 5.41. The zero-order valence-electron chi connectivity index (χ0n) is 22.8. The minimum atomic E-state index is -0.616. The molecule has 0 aliphatic carbocycles. The van der Waals surface area contributed by atoms with E-state index < -0.39 is 17.9 Å². The molecule has 0 spiro atoms. The fourth-order valence-corrected chi connectivity index (χ4v) is 5.25. The summed E-state index contributed by atoms with van der Waals surface area (Å²) in [6.45, 7) is 3.77. The van der Waals surface area contributed by atoms with E-state index in [1.54, 1.807) is 32.0 Å². The van der Waals surface area contributed by atoms with Gasteiger partial charge in [0.1, 0.15) is 18.1 Å². The first-order chi connectivity index (χ1) is 20.3. The number of hydrazone groups is 1. The van der Waals surface area contributed by atoms with Crippen LogP contribution < -0.4 is 25.5 Å². The topological polar surface area (TPSA) is 110 Å². The number of ether oxygens (including phenoxy) is 3. The third-order valence-electron chi connectivity index (χ3n) is 6.05. The van der Waals surface area contributed by atoms with Gasteiger partial charge >= 0.3 is 5.97 Å². The van der Waals surface area contributed by atoms with E-state index in [1.807, 2.05) is 48.5 Å². The summed E-state index contributed by atoms with van der Waals surface area (Å²) in [5.74, 6) is 0.195. The van der Waals surface area contributed by atoms with Gasteiger partial charge in [-0.3, -0.25) is 4.79 Å². The van der Waals surface area contributed by atoms with Crippen LogP contribution >= 0.6 is 46.4 Å². The molecule has 0 fully saturated rings. The second-order valence-corrected chi connectivity index (χ2v) is 11.0. The van der Waals surface area contributed by atoms with Gasteiger partial charge in [0.25, 0.3) is 5.91 Å². The summed E-state index contributed by atoms with van der Waals surface area (Å²) in [6.07, 6.45) is 1.53. The van der Waals surface area contributed by atoms with Crippen molar-refractivity contribution in [3.63, 3.8) is 0 Å². The SMILES string of the molecule is CCOC(=O)C1=C(C)NC(=S)N[C@H]1c1ccccc1OCC(=O)NN=Cc1ccc(OCc2ccccc2Cl)c(I)c1. The number of thiocarbonyl (C=S) groups is 1. The number of nitrogens with one attached hydrogen (secondary N) is 3. The number of rotatable bonds is 11. The Kier molecular flexibility index (Phi) is 11.2. The van der Waals surface area contributed by atoms with Crippen LogP contribution in [0.15, 0.2) is 83.1 Å². The molecule has 3 aromatic carbocycles. The standard InChI is InChI=1S/C30H28ClIN4O5S/c1-3-39-29(38)27-18(2)34-30(42)35-28(27)21-9-5-7-11-24(21)41-17-26(37)36-33-15-19-12-13-25(23(32)14-19)40-16-20-8-4-6-10-22(20)31/h4-15,28H,3,16-17H2,1-2H3,(H,36,37)(H2,34,35,42)/t28-/m0/s1. The third-order valence-corrected chi connectivity index (χ3v) is 7.48. The number of benzene rings is 3. The molecule has 0 radical (unpaired) electrons. The first kappa shape index (κ1) is 31.3. The summed E-state index contributed by atoms with van der Waals surface area (Å²) >= 11 is 13.7. The fraction of sp³-hybridized carbons (Fsp3) is 0.200. The van der Waals surface area contributed by atoms with E-state index >= 15 is 0 Å². The largest absolute Gasteiger partial charge is 0.488 e. The molecule has 9 nitrogen and oxygen atoms in total. The van der Waals surface area contributed by atoms with Gasteiger partial charge in [-0.1, -0.05) is 48.0 Å². The Morgan fingerprint density at radius 2 is 1.86 bits per heavy atom. The van der Waals surface area contributed by atoms with Gasteiger partial charge < -0.3 is 24.8 Å². The zero-order chi connectivity index (χ0) is 30.1. The van der Waals surface area contributed by atoms with Gasteiger partial charge in [-0.15, -0.1) is 0 Å². The first-order valence-corrected chi connectivity index (χ1v) is 14.8.